The SMILES string of the molecule is CC(=O)c1ccc(Oc2ccc(S(C)(=O)=O)cc2[N+](=O)[O-])c(Cl)c1. The van der Waals surface area contributed by atoms with Crippen LogP contribution in [0, 0.1) is 10.1 Å². The van der Waals surface area contributed by atoms with Crippen molar-refractivity contribution in [2.24, 2.45) is 0 Å². The molecule has 7 nitrogen and oxygen atoms in total. The summed E-state index contributed by atoms with van der Waals surface area (Å²) >= 11 is 6.02. The summed E-state index contributed by atoms with van der Waals surface area (Å²) in [7, 11) is -3.60. The number of sulfone groups is 1. The molecular formula is C15H12ClNO6S. The highest BCUT2D eigenvalue weighted by atomic mass is 35.5. The fourth-order valence-corrected chi connectivity index (χ4v) is 2.74. The van der Waals surface area contributed by atoms with E-state index in [4.69, 9.17) is 16.3 Å². The van der Waals surface area contributed by atoms with Gasteiger partial charge in [0, 0.05) is 17.9 Å². The summed E-state index contributed by atoms with van der Waals surface area (Å²) in [4.78, 5) is 21.5. The molecule has 0 fully saturated rings. The Hall–Kier alpha value is -2.45. The number of rotatable bonds is 5. The second-order valence-electron chi connectivity index (χ2n) is 4.96. The van der Waals surface area contributed by atoms with Gasteiger partial charge in [-0.15, -0.1) is 0 Å². The van der Waals surface area contributed by atoms with Crippen molar-refractivity contribution in [2.75, 3.05) is 6.26 Å². The first-order valence-corrected chi connectivity index (χ1v) is 8.83. The largest absolute Gasteiger partial charge is 0.449 e. The molecule has 0 atom stereocenters. The van der Waals surface area contributed by atoms with Crippen molar-refractivity contribution in [1.29, 1.82) is 0 Å². The Labute approximate surface area is 142 Å². The molecule has 126 valence electrons. The van der Waals surface area contributed by atoms with E-state index in [9.17, 15) is 23.3 Å². The standard InChI is InChI=1S/C15H12ClNO6S/c1-9(18)10-3-5-14(12(16)7-10)23-15-6-4-11(24(2,21)22)8-13(15)17(19)20/h3-8H,1-2H3. The van der Waals surface area contributed by atoms with Crippen LogP contribution in [0.3, 0.4) is 0 Å². The Morgan fingerprint density at radius 1 is 1.17 bits per heavy atom. The summed E-state index contributed by atoms with van der Waals surface area (Å²) in [6.07, 6.45) is 0.948. The number of ether oxygens (including phenoxy) is 1. The van der Waals surface area contributed by atoms with Crippen LogP contribution in [0.15, 0.2) is 41.3 Å². The molecule has 0 radical (unpaired) electrons. The summed E-state index contributed by atoms with van der Waals surface area (Å²) < 4.78 is 28.5. The molecule has 0 aliphatic carbocycles. The zero-order chi connectivity index (χ0) is 18.1. The fraction of sp³-hybridized carbons (Fsp3) is 0.133. The van der Waals surface area contributed by atoms with Crippen molar-refractivity contribution in [3.8, 4) is 11.5 Å². The van der Waals surface area contributed by atoms with E-state index >= 15 is 0 Å². The maximum absolute atomic E-state index is 11.5. The third-order valence-corrected chi connectivity index (χ3v) is 4.52. The predicted octanol–water partition coefficient (Wildman–Crippen LogP) is 3.65. The van der Waals surface area contributed by atoms with Gasteiger partial charge in [-0.25, -0.2) is 8.42 Å². The molecule has 9 heteroatoms. The topological polar surface area (TPSA) is 104 Å². The number of nitro benzene ring substituents is 1. The van der Waals surface area contributed by atoms with Crippen LogP contribution < -0.4 is 4.74 Å². The second-order valence-corrected chi connectivity index (χ2v) is 7.39. The van der Waals surface area contributed by atoms with Crippen molar-refractivity contribution >= 4 is 32.9 Å². The Kier molecular flexibility index (Phi) is 4.91. The summed E-state index contributed by atoms with van der Waals surface area (Å²) in [6.45, 7) is 1.38. The molecule has 0 aliphatic heterocycles. The van der Waals surface area contributed by atoms with Crippen molar-refractivity contribution in [2.45, 2.75) is 11.8 Å². The molecule has 2 aromatic rings. The molecular weight excluding hydrogens is 358 g/mol. The van der Waals surface area contributed by atoms with Crippen molar-refractivity contribution in [1.82, 2.24) is 0 Å². The van der Waals surface area contributed by atoms with E-state index in [0.29, 0.717) is 5.56 Å². The average Bonchev–Trinajstić information content (AvgIpc) is 2.48. The molecule has 0 aliphatic rings. The number of ketones is 1. The minimum Gasteiger partial charge on any atom is -0.449 e. The minimum atomic E-state index is -3.60. The van der Waals surface area contributed by atoms with Crippen LogP contribution in [0.5, 0.6) is 11.5 Å². The molecule has 0 bridgehead atoms. The number of nitro groups is 1. The quantitative estimate of drug-likeness (QED) is 0.452. The van der Waals surface area contributed by atoms with Gasteiger partial charge in [0.1, 0.15) is 5.75 Å². The van der Waals surface area contributed by atoms with Crippen LogP contribution in [0.4, 0.5) is 5.69 Å². The highest BCUT2D eigenvalue weighted by Gasteiger charge is 2.21. The summed E-state index contributed by atoms with van der Waals surface area (Å²) in [6, 6.07) is 7.57. The maximum atomic E-state index is 11.5. The first-order valence-electron chi connectivity index (χ1n) is 6.56. The van der Waals surface area contributed by atoms with Crippen LogP contribution in [-0.4, -0.2) is 25.4 Å². The van der Waals surface area contributed by atoms with E-state index in [2.05, 4.69) is 0 Å². The second kappa shape index (κ2) is 6.58. The van der Waals surface area contributed by atoms with E-state index in [-0.39, 0.29) is 27.2 Å². The molecule has 0 unspecified atom stereocenters. The van der Waals surface area contributed by atoms with Gasteiger partial charge in [-0.1, -0.05) is 11.6 Å². The van der Waals surface area contributed by atoms with Crippen molar-refractivity contribution < 1.29 is 22.9 Å². The van der Waals surface area contributed by atoms with Crippen LogP contribution in [0.2, 0.25) is 5.02 Å². The van der Waals surface area contributed by atoms with Gasteiger partial charge in [0.2, 0.25) is 5.75 Å². The third-order valence-electron chi connectivity index (χ3n) is 3.11. The minimum absolute atomic E-state index is 0.101. The number of carbonyl (C=O) groups is 1. The van der Waals surface area contributed by atoms with Crippen LogP contribution in [0.1, 0.15) is 17.3 Å². The number of halogens is 1. The number of nitrogens with zero attached hydrogens (tertiary/aromatic N) is 1. The molecule has 0 spiro atoms. The lowest BCUT2D eigenvalue weighted by Crippen LogP contribution is -2.00. The van der Waals surface area contributed by atoms with Gasteiger partial charge in [-0.2, -0.15) is 0 Å². The summed E-state index contributed by atoms with van der Waals surface area (Å²) in [5.74, 6) is -0.242. The average molecular weight is 370 g/mol. The first-order chi connectivity index (χ1) is 11.1. The van der Waals surface area contributed by atoms with E-state index in [1.807, 2.05) is 0 Å². The molecule has 0 heterocycles. The molecule has 2 aromatic carbocycles. The van der Waals surface area contributed by atoms with Gasteiger partial charge < -0.3 is 4.74 Å². The summed E-state index contributed by atoms with van der Waals surface area (Å²) in [5.41, 5.74) is -0.140. The number of carbonyl (C=O) groups excluding carboxylic acids is 1. The molecule has 24 heavy (non-hydrogen) atoms. The van der Waals surface area contributed by atoms with Crippen LogP contribution >= 0.6 is 11.6 Å². The lowest BCUT2D eigenvalue weighted by atomic mass is 10.1. The molecule has 0 saturated carbocycles. The van der Waals surface area contributed by atoms with Gasteiger partial charge >= 0.3 is 5.69 Å². The Bertz CT molecular complexity index is 939. The highest BCUT2D eigenvalue weighted by molar-refractivity contribution is 7.90. The van der Waals surface area contributed by atoms with E-state index in [1.165, 1.54) is 37.3 Å². The molecule has 0 aromatic heterocycles. The Morgan fingerprint density at radius 2 is 1.79 bits per heavy atom. The van der Waals surface area contributed by atoms with Gasteiger partial charge in [0.05, 0.1) is 14.8 Å². The molecule has 0 amide bonds. The van der Waals surface area contributed by atoms with Gasteiger partial charge in [-0.3, -0.25) is 14.9 Å². The number of hydrogen-bond acceptors (Lipinski definition) is 6. The third kappa shape index (κ3) is 3.90. The van der Waals surface area contributed by atoms with Crippen LogP contribution in [0.25, 0.3) is 0 Å². The van der Waals surface area contributed by atoms with Gasteiger partial charge in [-0.05, 0) is 37.3 Å². The number of hydrogen-bond donors (Lipinski definition) is 0. The number of Topliss-reactive ketones (excluding diaryl/α,β-unsaturated/α-hetero) is 1. The molecule has 0 saturated heterocycles. The molecule has 0 N–H and O–H groups in total. The van der Waals surface area contributed by atoms with Crippen molar-refractivity contribution in [3.63, 3.8) is 0 Å². The lowest BCUT2D eigenvalue weighted by Gasteiger charge is -2.09. The first kappa shape index (κ1) is 17.9. The van der Waals surface area contributed by atoms with E-state index < -0.39 is 20.4 Å². The molecule has 2 rings (SSSR count). The smallest absolute Gasteiger partial charge is 0.312 e. The van der Waals surface area contributed by atoms with E-state index in [0.717, 1.165) is 12.3 Å². The highest BCUT2D eigenvalue weighted by Crippen LogP contribution is 2.36. The Balaban J connectivity index is 2.46. The van der Waals surface area contributed by atoms with Crippen molar-refractivity contribution in [3.05, 3.63) is 57.1 Å². The zero-order valence-corrected chi connectivity index (χ0v) is 14.2. The normalized spacial score (nSPS) is 11.1. The fourth-order valence-electron chi connectivity index (χ4n) is 1.88. The van der Waals surface area contributed by atoms with Gasteiger partial charge in [0.25, 0.3) is 0 Å². The number of benzene rings is 2. The van der Waals surface area contributed by atoms with Crippen LogP contribution in [-0.2, 0) is 9.84 Å². The lowest BCUT2D eigenvalue weighted by molar-refractivity contribution is -0.385. The predicted molar refractivity (Wildman–Crippen MR) is 87.7 cm³/mol. The van der Waals surface area contributed by atoms with E-state index in [1.54, 1.807) is 0 Å². The monoisotopic (exact) mass is 369 g/mol. The van der Waals surface area contributed by atoms with Gasteiger partial charge in [0.15, 0.2) is 15.6 Å². The Morgan fingerprint density at radius 3 is 2.29 bits per heavy atom. The maximum Gasteiger partial charge on any atom is 0.312 e. The summed E-state index contributed by atoms with van der Waals surface area (Å²) in [5, 5.41) is 11.3. The zero-order valence-electron chi connectivity index (χ0n) is 12.6.